The Labute approximate surface area is 256 Å². The van der Waals surface area contributed by atoms with Gasteiger partial charge < -0.3 is 23.5 Å². The first-order valence-electron chi connectivity index (χ1n) is 14.8. The van der Waals surface area contributed by atoms with E-state index in [0.717, 1.165) is 61.7 Å². The van der Waals surface area contributed by atoms with E-state index in [1.165, 1.54) is 6.07 Å². The summed E-state index contributed by atoms with van der Waals surface area (Å²) in [4.78, 5) is 19.2. The minimum absolute atomic E-state index is 0.121. The van der Waals surface area contributed by atoms with E-state index in [2.05, 4.69) is 27.4 Å². The summed E-state index contributed by atoms with van der Waals surface area (Å²) in [5.74, 6) is 5.78. The highest BCUT2D eigenvalue weighted by Crippen LogP contribution is 2.49. The van der Waals surface area contributed by atoms with Gasteiger partial charge in [-0.2, -0.15) is 0 Å². The van der Waals surface area contributed by atoms with E-state index in [9.17, 15) is 9.18 Å². The second-order valence-electron chi connectivity index (χ2n) is 11.3. The first kappa shape index (κ1) is 29.5. The lowest BCUT2D eigenvalue weighted by Gasteiger charge is -2.33. The van der Waals surface area contributed by atoms with Crippen molar-refractivity contribution in [2.24, 2.45) is 0 Å². The van der Waals surface area contributed by atoms with Crippen molar-refractivity contribution in [3.63, 3.8) is 0 Å². The van der Waals surface area contributed by atoms with Crippen LogP contribution in [0.1, 0.15) is 67.4 Å². The number of ether oxygens (including phenoxy) is 4. The van der Waals surface area contributed by atoms with Crippen LogP contribution in [-0.4, -0.2) is 52.8 Å². The smallest absolute Gasteiger partial charge is 0.384 e. The SMILES string of the molecule is CCOC(=O)C#Cc1c(C)nc(CN2CCC(c3cccc4c3OC(C)(c3ccc(Cl)cc3F)O4)CC2)n1CC1CCO1. The number of carbonyl (C=O) groups excluding carboxylic acids is 1. The van der Waals surface area contributed by atoms with E-state index >= 15 is 0 Å². The predicted molar refractivity (Wildman–Crippen MR) is 159 cm³/mol. The maximum Gasteiger partial charge on any atom is 0.384 e. The largest absolute Gasteiger partial charge is 0.456 e. The number of esters is 1. The number of para-hydroxylation sites is 1. The summed E-state index contributed by atoms with van der Waals surface area (Å²) in [5.41, 5.74) is 2.90. The Morgan fingerprint density at radius 2 is 2.00 bits per heavy atom. The Kier molecular flexibility index (Phi) is 8.36. The lowest BCUT2D eigenvalue weighted by molar-refractivity contribution is -0.136. The molecule has 3 aliphatic rings. The summed E-state index contributed by atoms with van der Waals surface area (Å²) in [6.45, 7) is 9.52. The van der Waals surface area contributed by atoms with Crippen molar-refractivity contribution < 1.29 is 28.1 Å². The van der Waals surface area contributed by atoms with Gasteiger partial charge in [0.15, 0.2) is 11.5 Å². The number of piperidine rings is 1. The van der Waals surface area contributed by atoms with Gasteiger partial charge in [0.2, 0.25) is 0 Å². The zero-order valence-corrected chi connectivity index (χ0v) is 25.4. The average Bonchev–Trinajstić information content (AvgIpc) is 3.45. The summed E-state index contributed by atoms with van der Waals surface area (Å²) in [7, 11) is 0. The Morgan fingerprint density at radius 3 is 2.70 bits per heavy atom. The van der Waals surface area contributed by atoms with Crippen LogP contribution in [0.4, 0.5) is 4.39 Å². The molecule has 2 fully saturated rings. The van der Waals surface area contributed by atoms with E-state index in [4.69, 9.17) is 35.5 Å². The molecule has 2 saturated heterocycles. The molecule has 2 unspecified atom stereocenters. The quantitative estimate of drug-likeness (QED) is 0.252. The lowest BCUT2D eigenvalue weighted by Crippen LogP contribution is -2.35. The number of carbonyl (C=O) groups is 1. The average molecular weight is 608 g/mol. The zero-order chi connectivity index (χ0) is 30.1. The molecule has 0 radical (unpaired) electrons. The van der Waals surface area contributed by atoms with Crippen molar-refractivity contribution in [1.29, 1.82) is 0 Å². The molecule has 1 aromatic heterocycles. The fourth-order valence-corrected chi connectivity index (χ4v) is 6.21. The summed E-state index contributed by atoms with van der Waals surface area (Å²) in [6.07, 6.45) is 2.96. The number of halogens is 2. The standard InChI is InChI=1S/C33H35ClFN3O5/c1-4-40-31(39)11-10-28-21(2)36-30(38(28)19-24-14-17-41-24)20-37-15-12-22(13-16-37)25-6-5-7-29-32(25)43-33(3,42-29)26-9-8-23(34)18-27(26)35/h5-9,18,22,24H,4,12-17,19-20H2,1-3H3. The number of aromatic nitrogens is 2. The third-order valence-corrected chi connectivity index (χ3v) is 8.62. The number of imidazole rings is 1. The van der Waals surface area contributed by atoms with E-state index in [0.29, 0.717) is 35.2 Å². The molecule has 0 saturated carbocycles. The molecule has 3 aromatic rings. The molecule has 6 rings (SSSR count). The van der Waals surface area contributed by atoms with Crippen LogP contribution in [-0.2, 0) is 33.1 Å². The molecule has 2 atom stereocenters. The highest BCUT2D eigenvalue weighted by Gasteiger charge is 2.43. The van der Waals surface area contributed by atoms with Gasteiger partial charge in [-0.1, -0.05) is 23.7 Å². The number of rotatable bonds is 7. The van der Waals surface area contributed by atoms with Gasteiger partial charge in [-0.25, -0.2) is 14.2 Å². The van der Waals surface area contributed by atoms with Gasteiger partial charge in [0.25, 0.3) is 5.79 Å². The second-order valence-corrected chi connectivity index (χ2v) is 11.8. The van der Waals surface area contributed by atoms with E-state index in [1.54, 1.807) is 26.0 Å². The fourth-order valence-electron chi connectivity index (χ4n) is 6.06. The topological polar surface area (TPSA) is 75.0 Å². The third-order valence-electron chi connectivity index (χ3n) is 8.38. The van der Waals surface area contributed by atoms with Crippen LogP contribution in [0, 0.1) is 24.6 Å². The summed E-state index contributed by atoms with van der Waals surface area (Å²) in [6, 6.07) is 10.4. The number of aryl methyl sites for hydroxylation is 1. The molecule has 0 amide bonds. The van der Waals surface area contributed by atoms with Crippen LogP contribution >= 0.6 is 11.6 Å². The van der Waals surface area contributed by atoms with Gasteiger partial charge in [-0.3, -0.25) is 4.90 Å². The molecule has 0 spiro atoms. The van der Waals surface area contributed by atoms with Crippen molar-refractivity contribution >= 4 is 17.6 Å². The van der Waals surface area contributed by atoms with Crippen LogP contribution in [0.25, 0.3) is 0 Å². The summed E-state index contributed by atoms with van der Waals surface area (Å²) in [5, 5.41) is 0.322. The Balaban J connectivity index is 1.16. The van der Waals surface area contributed by atoms with Gasteiger partial charge >= 0.3 is 5.97 Å². The molecule has 2 aromatic carbocycles. The second kappa shape index (κ2) is 12.2. The first-order chi connectivity index (χ1) is 20.7. The molecule has 43 heavy (non-hydrogen) atoms. The Bertz CT molecular complexity index is 1590. The zero-order valence-electron chi connectivity index (χ0n) is 24.6. The van der Waals surface area contributed by atoms with E-state index in [-0.39, 0.29) is 18.6 Å². The molecule has 8 nitrogen and oxygen atoms in total. The molecule has 0 aliphatic carbocycles. The summed E-state index contributed by atoms with van der Waals surface area (Å²) < 4.78 is 40.1. The number of benzene rings is 2. The van der Waals surface area contributed by atoms with Gasteiger partial charge in [0, 0.05) is 30.0 Å². The number of nitrogens with zero attached hydrogens (tertiary/aromatic N) is 3. The summed E-state index contributed by atoms with van der Waals surface area (Å²) >= 11 is 5.97. The van der Waals surface area contributed by atoms with Crippen LogP contribution in [0.2, 0.25) is 5.02 Å². The number of hydrogen-bond donors (Lipinski definition) is 0. The highest BCUT2D eigenvalue weighted by atomic mass is 35.5. The van der Waals surface area contributed by atoms with E-state index < -0.39 is 17.6 Å². The van der Waals surface area contributed by atoms with Crippen LogP contribution < -0.4 is 9.47 Å². The van der Waals surface area contributed by atoms with Crippen molar-refractivity contribution in [3.05, 3.63) is 75.6 Å². The van der Waals surface area contributed by atoms with Crippen LogP contribution in [0.5, 0.6) is 11.5 Å². The maximum atomic E-state index is 14.8. The number of likely N-dealkylation sites (tertiary alicyclic amines) is 1. The molecule has 226 valence electrons. The maximum absolute atomic E-state index is 14.8. The van der Waals surface area contributed by atoms with Gasteiger partial charge in [0.05, 0.1) is 37.1 Å². The monoisotopic (exact) mass is 607 g/mol. The number of hydrogen-bond acceptors (Lipinski definition) is 7. The van der Waals surface area contributed by atoms with Crippen molar-refractivity contribution in [2.75, 3.05) is 26.3 Å². The van der Waals surface area contributed by atoms with Crippen molar-refractivity contribution in [2.45, 2.75) is 70.9 Å². The van der Waals surface area contributed by atoms with Crippen molar-refractivity contribution in [1.82, 2.24) is 14.5 Å². The minimum atomic E-state index is -1.28. The van der Waals surface area contributed by atoms with E-state index in [1.807, 2.05) is 19.1 Å². The first-order valence-corrected chi connectivity index (χ1v) is 15.2. The fraction of sp³-hybridized carbons (Fsp3) is 0.455. The molecular weight excluding hydrogens is 573 g/mol. The third kappa shape index (κ3) is 6.10. The van der Waals surface area contributed by atoms with Gasteiger partial charge in [-0.15, -0.1) is 0 Å². The molecule has 0 N–H and O–H groups in total. The van der Waals surface area contributed by atoms with Gasteiger partial charge in [0.1, 0.15) is 17.3 Å². The molecule has 10 heteroatoms. The molecule has 3 aliphatic heterocycles. The molecule has 4 heterocycles. The van der Waals surface area contributed by atoms with Crippen LogP contribution in [0.15, 0.2) is 36.4 Å². The Morgan fingerprint density at radius 1 is 1.21 bits per heavy atom. The highest BCUT2D eigenvalue weighted by molar-refractivity contribution is 6.30. The van der Waals surface area contributed by atoms with Crippen LogP contribution in [0.3, 0.4) is 0 Å². The minimum Gasteiger partial charge on any atom is -0.456 e. The Hall–Kier alpha value is -3.58. The van der Waals surface area contributed by atoms with Gasteiger partial charge in [-0.05, 0) is 82.3 Å². The normalized spacial score (nSPS) is 21.7. The molecular formula is C33H35ClFN3O5. The predicted octanol–water partition coefficient (Wildman–Crippen LogP) is 5.71. The molecule has 0 bridgehead atoms. The lowest BCUT2D eigenvalue weighted by atomic mass is 9.88. The van der Waals surface area contributed by atoms with Crippen molar-refractivity contribution in [3.8, 4) is 23.3 Å². The number of fused-ring (bicyclic) bond motifs is 1.